The zero-order valence-corrected chi connectivity index (χ0v) is 11.3. The van der Waals surface area contributed by atoms with Gasteiger partial charge in [0.2, 0.25) is 0 Å². The van der Waals surface area contributed by atoms with Crippen LogP contribution in [0.3, 0.4) is 0 Å². The summed E-state index contributed by atoms with van der Waals surface area (Å²) in [5.74, 6) is 0.0214. The third-order valence-corrected chi connectivity index (χ3v) is 4.29. The molecule has 1 aromatic rings. The zero-order valence-electron chi connectivity index (χ0n) is 11.3. The second kappa shape index (κ2) is 5.21. The van der Waals surface area contributed by atoms with Crippen LogP contribution in [-0.2, 0) is 11.2 Å². The number of hydrogen-bond donors (Lipinski definition) is 0. The quantitative estimate of drug-likeness (QED) is 0.783. The van der Waals surface area contributed by atoms with Gasteiger partial charge in [0.15, 0.2) is 0 Å². The van der Waals surface area contributed by atoms with Gasteiger partial charge in [-0.2, -0.15) is 0 Å². The van der Waals surface area contributed by atoms with Crippen molar-refractivity contribution in [3.8, 4) is 0 Å². The molecule has 2 rings (SSSR count). The molecule has 2 heteroatoms. The summed E-state index contributed by atoms with van der Waals surface area (Å²) >= 11 is 0. The van der Waals surface area contributed by atoms with Crippen LogP contribution in [0.5, 0.6) is 0 Å². The van der Waals surface area contributed by atoms with Crippen molar-refractivity contribution in [3.63, 3.8) is 0 Å². The molecule has 0 aliphatic heterocycles. The van der Waals surface area contributed by atoms with Crippen LogP contribution in [0.15, 0.2) is 18.2 Å². The predicted molar refractivity (Wildman–Crippen MR) is 71.0 cm³/mol. The fourth-order valence-corrected chi connectivity index (χ4v) is 2.83. The highest BCUT2D eigenvalue weighted by atomic mass is 19.1. The molecule has 18 heavy (non-hydrogen) atoms. The predicted octanol–water partition coefficient (Wildman–Crippen LogP) is 4.22. The molecule has 1 aromatic carbocycles. The van der Waals surface area contributed by atoms with E-state index >= 15 is 0 Å². The maximum absolute atomic E-state index is 13.2. The normalized spacial score (nSPS) is 18.6. The van der Waals surface area contributed by atoms with E-state index in [4.69, 9.17) is 0 Å². The zero-order chi connectivity index (χ0) is 13.2. The molecule has 0 spiro atoms. The average Bonchev–Trinajstić information content (AvgIpc) is 2.35. The Morgan fingerprint density at radius 1 is 1.28 bits per heavy atom. The number of benzene rings is 1. The van der Waals surface area contributed by atoms with Gasteiger partial charge in [0.25, 0.3) is 0 Å². The fourth-order valence-electron chi connectivity index (χ4n) is 2.83. The van der Waals surface area contributed by atoms with E-state index < -0.39 is 0 Å². The van der Waals surface area contributed by atoms with Gasteiger partial charge in [-0.1, -0.05) is 32.3 Å². The lowest BCUT2D eigenvalue weighted by Gasteiger charge is -2.32. The van der Waals surface area contributed by atoms with Gasteiger partial charge in [-0.05, 0) is 43.0 Å². The third-order valence-electron chi connectivity index (χ3n) is 4.29. The molecule has 0 unspecified atom stereocenters. The van der Waals surface area contributed by atoms with Crippen LogP contribution in [-0.4, -0.2) is 5.78 Å². The van der Waals surface area contributed by atoms with Crippen molar-refractivity contribution >= 4 is 5.78 Å². The highest BCUT2D eigenvalue weighted by Crippen LogP contribution is 2.37. The number of rotatable bonds is 3. The number of aryl methyl sites for hydroxylation is 1. The first kappa shape index (κ1) is 13.3. The van der Waals surface area contributed by atoms with E-state index in [1.807, 2.05) is 6.92 Å². The molecule has 1 saturated carbocycles. The molecule has 0 heterocycles. The molecule has 1 fully saturated rings. The summed E-state index contributed by atoms with van der Waals surface area (Å²) in [7, 11) is 0. The average molecular weight is 248 g/mol. The molecule has 0 atom stereocenters. The molecular weight excluding hydrogens is 227 g/mol. The number of halogens is 1. The Balaban J connectivity index is 2.13. The Labute approximate surface area is 108 Å². The molecule has 0 aromatic heterocycles. The smallest absolute Gasteiger partial charge is 0.143 e. The highest BCUT2D eigenvalue weighted by Gasteiger charge is 2.34. The number of hydrogen-bond acceptors (Lipinski definition) is 1. The molecule has 1 aliphatic rings. The second-order valence-electron chi connectivity index (χ2n) is 5.79. The van der Waals surface area contributed by atoms with E-state index in [-0.39, 0.29) is 17.0 Å². The van der Waals surface area contributed by atoms with E-state index in [2.05, 4.69) is 6.92 Å². The largest absolute Gasteiger partial charge is 0.299 e. The van der Waals surface area contributed by atoms with Crippen LogP contribution in [0, 0.1) is 18.2 Å². The van der Waals surface area contributed by atoms with E-state index in [0.29, 0.717) is 6.42 Å². The number of carbonyl (C=O) groups is 1. The SMILES string of the molecule is Cc1ccc(F)cc1CC(=O)C1(C)CCCCC1. The molecule has 1 nitrogen and oxygen atoms in total. The topological polar surface area (TPSA) is 17.1 Å². The van der Waals surface area contributed by atoms with E-state index in [0.717, 1.165) is 36.8 Å². The summed E-state index contributed by atoms with van der Waals surface area (Å²) in [6.07, 6.45) is 5.87. The summed E-state index contributed by atoms with van der Waals surface area (Å²) in [5.41, 5.74) is 1.66. The standard InChI is InChI=1S/C16H21FO/c1-12-6-7-14(17)10-13(12)11-15(18)16(2)8-4-3-5-9-16/h6-7,10H,3-5,8-9,11H2,1-2H3. The number of Topliss-reactive ketones (excluding diaryl/α,β-unsaturated/α-hetero) is 1. The van der Waals surface area contributed by atoms with Crippen LogP contribution in [0.25, 0.3) is 0 Å². The van der Waals surface area contributed by atoms with Crippen LogP contribution in [0.2, 0.25) is 0 Å². The minimum absolute atomic E-state index is 0.184. The van der Waals surface area contributed by atoms with Crippen molar-refractivity contribution in [3.05, 3.63) is 35.1 Å². The summed E-state index contributed by atoms with van der Waals surface area (Å²) in [6.45, 7) is 4.01. The summed E-state index contributed by atoms with van der Waals surface area (Å²) < 4.78 is 13.2. The molecule has 98 valence electrons. The van der Waals surface area contributed by atoms with Gasteiger partial charge in [0.05, 0.1) is 0 Å². The first-order valence-corrected chi connectivity index (χ1v) is 6.80. The minimum atomic E-state index is -0.253. The molecular formula is C16H21FO. The molecule has 0 amide bonds. The molecule has 0 bridgehead atoms. The lowest BCUT2D eigenvalue weighted by atomic mass is 9.71. The van der Waals surface area contributed by atoms with Gasteiger partial charge in [0.1, 0.15) is 11.6 Å². The van der Waals surface area contributed by atoms with Gasteiger partial charge in [0, 0.05) is 11.8 Å². The molecule has 0 radical (unpaired) electrons. The van der Waals surface area contributed by atoms with Crippen LogP contribution in [0.4, 0.5) is 4.39 Å². The summed E-state index contributed by atoms with van der Waals surface area (Å²) in [4.78, 5) is 12.4. The first-order valence-electron chi connectivity index (χ1n) is 6.80. The van der Waals surface area contributed by atoms with Crippen molar-refractivity contribution in [2.24, 2.45) is 5.41 Å². The molecule has 0 saturated heterocycles. The molecule has 1 aliphatic carbocycles. The van der Waals surface area contributed by atoms with Crippen molar-refractivity contribution in [2.45, 2.75) is 52.4 Å². The number of carbonyl (C=O) groups excluding carboxylic acids is 1. The van der Waals surface area contributed by atoms with Crippen molar-refractivity contribution in [2.75, 3.05) is 0 Å². The van der Waals surface area contributed by atoms with Crippen molar-refractivity contribution in [1.82, 2.24) is 0 Å². The lowest BCUT2D eigenvalue weighted by molar-refractivity contribution is -0.128. The van der Waals surface area contributed by atoms with E-state index in [1.54, 1.807) is 6.07 Å². The Hall–Kier alpha value is -1.18. The maximum Gasteiger partial charge on any atom is 0.143 e. The first-order chi connectivity index (χ1) is 8.51. The van der Waals surface area contributed by atoms with Gasteiger partial charge in [-0.3, -0.25) is 4.79 Å². The second-order valence-corrected chi connectivity index (χ2v) is 5.79. The van der Waals surface area contributed by atoms with Gasteiger partial charge in [-0.15, -0.1) is 0 Å². The van der Waals surface area contributed by atoms with Crippen molar-refractivity contribution in [1.29, 1.82) is 0 Å². The van der Waals surface area contributed by atoms with E-state index in [1.165, 1.54) is 18.6 Å². The Kier molecular flexibility index (Phi) is 3.84. The summed E-state index contributed by atoms with van der Waals surface area (Å²) in [5, 5.41) is 0. The van der Waals surface area contributed by atoms with Crippen molar-refractivity contribution < 1.29 is 9.18 Å². The highest BCUT2D eigenvalue weighted by molar-refractivity contribution is 5.86. The van der Waals surface area contributed by atoms with Gasteiger partial charge in [-0.25, -0.2) is 4.39 Å². The van der Waals surface area contributed by atoms with Crippen LogP contribution >= 0.6 is 0 Å². The number of ketones is 1. The monoisotopic (exact) mass is 248 g/mol. The van der Waals surface area contributed by atoms with Crippen LogP contribution < -0.4 is 0 Å². The maximum atomic E-state index is 13.2. The van der Waals surface area contributed by atoms with Crippen LogP contribution in [0.1, 0.15) is 50.2 Å². The van der Waals surface area contributed by atoms with Gasteiger partial charge >= 0.3 is 0 Å². The minimum Gasteiger partial charge on any atom is -0.299 e. The Morgan fingerprint density at radius 2 is 1.94 bits per heavy atom. The lowest BCUT2D eigenvalue weighted by Crippen LogP contribution is -2.31. The Bertz CT molecular complexity index is 444. The van der Waals surface area contributed by atoms with E-state index in [9.17, 15) is 9.18 Å². The van der Waals surface area contributed by atoms with Gasteiger partial charge < -0.3 is 0 Å². The third kappa shape index (κ3) is 2.80. The Morgan fingerprint density at radius 3 is 2.61 bits per heavy atom. The fraction of sp³-hybridized carbons (Fsp3) is 0.562. The summed E-state index contributed by atoms with van der Waals surface area (Å²) in [6, 6.07) is 4.70. The molecule has 0 N–H and O–H groups in total.